The third kappa shape index (κ3) is 3.70. The summed E-state index contributed by atoms with van der Waals surface area (Å²) in [5, 5.41) is 13.1. The molecule has 1 saturated heterocycles. The highest BCUT2D eigenvalue weighted by Gasteiger charge is 2.27. The highest BCUT2D eigenvalue weighted by molar-refractivity contribution is 5.65. The van der Waals surface area contributed by atoms with Gasteiger partial charge in [-0.3, -0.25) is 9.88 Å². The zero-order valence-electron chi connectivity index (χ0n) is 13.6. The van der Waals surface area contributed by atoms with Crippen molar-refractivity contribution in [2.45, 2.75) is 32.4 Å². The molecule has 0 radical (unpaired) electrons. The average Bonchev–Trinajstić information content (AvgIpc) is 3.09. The maximum Gasteiger partial charge on any atom is 0.407 e. The Balaban J connectivity index is 1.62. The number of carboxylic acid groups (broad SMARTS) is 1. The molecule has 2 aromatic rings. The Labute approximate surface area is 140 Å². The molecule has 1 aliphatic rings. The van der Waals surface area contributed by atoms with E-state index in [1.54, 1.807) is 12.4 Å². The Morgan fingerprint density at radius 3 is 2.71 bits per heavy atom. The van der Waals surface area contributed by atoms with E-state index in [2.05, 4.69) is 26.9 Å². The molecule has 0 bridgehead atoms. The number of carbonyl (C=O) groups is 1. The van der Waals surface area contributed by atoms with Gasteiger partial charge in [-0.1, -0.05) is 12.1 Å². The van der Waals surface area contributed by atoms with Crippen LogP contribution in [0.15, 0.2) is 29.0 Å². The van der Waals surface area contributed by atoms with Gasteiger partial charge in [0.1, 0.15) is 0 Å². The summed E-state index contributed by atoms with van der Waals surface area (Å²) in [7, 11) is 0. The number of pyridine rings is 1. The van der Waals surface area contributed by atoms with Gasteiger partial charge in [0.05, 0.1) is 6.54 Å². The maximum atomic E-state index is 11.0. The number of aromatic nitrogens is 3. The van der Waals surface area contributed by atoms with Crippen LogP contribution in [0.1, 0.15) is 25.7 Å². The van der Waals surface area contributed by atoms with E-state index in [0.717, 1.165) is 24.9 Å². The van der Waals surface area contributed by atoms with Crippen molar-refractivity contribution in [2.24, 2.45) is 0 Å². The van der Waals surface area contributed by atoms with Crippen LogP contribution in [0.5, 0.6) is 0 Å². The molecule has 0 aliphatic carbocycles. The molecule has 3 rings (SSSR count). The second-order valence-corrected chi connectivity index (χ2v) is 5.81. The van der Waals surface area contributed by atoms with E-state index in [9.17, 15) is 4.79 Å². The standard InChI is InChI=1S/C16H21N5O3/c1-2-20(13-5-9-21(10-6-13)16(22)23)11-14-18-15(19-24-14)12-3-7-17-8-4-12/h3-4,7-8,13H,2,5-6,9-11H2,1H3,(H,22,23). The van der Waals surface area contributed by atoms with Crippen LogP contribution in [0.4, 0.5) is 4.79 Å². The van der Waals surface area contributed by atoms with E-state index in [1.807, 2.05) is 12.1 Å². The Morgan fingerprint density at radius 2 is 2.08 bits per heavy atom. The summed E-state index contributed by atoms with van der Waals surface area (Å²) in [5.74, 6) is 1.13. The summed E-state index contributed by atoms with van der Waals surface area (Å²) < 4.78 is 5.37. The second-order valence-electron chi connectivity index (χ2n) is 5.81. The Bertz CT molecular complexity index is 667. The molecule has 24 heavy (non-hydrogen) atoms. The highest BCUT2D eigenvalue weighted by Crippen LogP contribution is 2.20. The summed E-state index contributed by atoms with van der Waals surface area (Å²) in [6, 6.07) is 4.02. The minimum absolute atomic E-state index is 0.335. The summed E-state index contributed by atoms with van der Waals surface area (Å²) in [4.78, 5) is 23.2. The normalized spacial score (nSPS) is 15.8. The molecule has 0 unspecified atom stereocenters. The van der Waals surface area contributed by atoms with Crippen LogP contribution in [0.2, 0.25) is 0 Å². The van der Waals surface area contributed by atoms with Gasteiger partial charge in [0, 0.05) is 37.1 Å². The van der Waals surface area contributed by atoms with Crippen molar-refractivity contribution < 1.29 is 14.4 Å². The lowest BCUT2D eigenvalue weighted by Crippen LogP contribution is -2.46. The Morgan fingerprint density at radius 1 is 1.38 bits per heavy atom. The summed E-state index contributed by atoms with van der Waals surface area (Å²) in [6.45, 7) is 4.66. The molecule has 1 amide bonds. The van der Waals surface area contributed by atoms with Gasteiger partial charge in [-0.05, 0) is 31.5 Å². The first-order valence-electron chi connectivity index (χ1n) is 8.12. The monoisotopic (exact) mass is 331 g/mol. The number of hydrogen-bond donors (Lipinski definition) is 1. The van der Waals surface area contributed by atoms with Crippen molar-refractivity contribution >= 4 is 6.09 Å². The molecule has 0 spiro atoms. The third-order valence-electron chi connectivity index (χ3n) is 4.40. The van der Waals surface area contributed by atoms with Crippen LogP contribution in [0, 0.1) is 0 Å². The number of likely N-dealkylation sites (tertiary alicyclic amines) is 1. The SMILES string of the molecule is CCN(Cc1nc(-c2ccncc2)no1)C1CCN(C(=O)O)CC1. The fourth-order valence-corrected chi connectivity index (χ4v) is 3.03. The van der Waals surface area contributed by atoms with E-state index in [-0.39, 0.29) is 0 Å². The first kappa shape index (κ1) is 16.4. The highest BCUT2D eigenvalue weighted by atomic mass is 16.5. The van der Waals surface area contributed by atoms with Gasteiger partial charge in [-0.2, -0.15) is 4.98 Å². The number of piperidine rings is 1. The van der Waals surface area contributed by atoms with Crippen molar-refractivity contribution in [3.63, 3.8) is 0 Å². The molecule has 0 atom stereocenters. The lowest BCUT2D eigenvalue weighted by Gasteiger charge is -2.36. The van der Waals surface area contributed by atoms with E-state index in [0.29, 0.717) is 37.4 Å². The summed E-state index contributed by atoms with van der Waals surface area (Å²) in [5.41, 5.74) is 0.873. The van der Waals surface area contributed by atoms with Gasteiger partial charge in [0.2, 0.25) is 11.7 Å². The van der Waals surface area contributed by atoms with Gasteiger partial charge in [-0.15, -0.1) is 0 Å². The third-order valence-corrected chi connectivity index (χ3v) is 4.40. The zero-order valence-corrected chi connectivity index (χ0v) is 13.6. The summed E-state index contributed by atoms with van der Waals surface area (Å²) >= 11 is 0. The Kier molecular flexibility index (Phi) is 5.05. The van der Waals surface area contributed by atoms with Gasteiger partial charge in [0.25, 0.3) is 0 Å². The van der Waals surface area contributed by atoms with Crippen molar-refractivity contribution in [1.82, 2.24) is 24.9 Å². The molecule has 0 saturated carbocycles. The van der Waals surface area contributed by atoms with Crippen molar-refractivity contribution in [3.8, 4) is 11.4 Å². The zero-order chi connectivity index (χ0) is 16.9. The molecule has 1 N–H and O–H groups in total. The largest absolute Gasteiger partial charge is 0.465 e. The van der Waals surface area contributed by atoms with Crippen molar-refractivity contribution in [3.05, 3.63) is 30.4 Å². The number of rotatable bonds is 5. The smallest absolute Gasteiger partial charge is 0.407 e. The van der Waals surface area contributed by atoms with Crippen molar-refractivity contribution in [2.75, 3.05) is 19.6 Å². The molecule has 0 aromatic carbocycles. The number of hydrogen-bond acceptors (Lipinski definition) is 6. The lowest BCUT2D eigenvalue weighted by atomic mass is 10.0. The number of nitrogens with zero attached hydrogens (tertiary/aromatic N) is 5. The molecule has 3 heterocycles. The Hall–Kier alpha value is -2.48. The van der Waals surface area contributed by atoms with E-state index < -0.39 is 6.09 Å². The van der Waals surface area contributed by atoms with Crippen LogP contribution in [0.3, 0.4) is 0 Å². The summed E-state index contributed by atoms with van der Waals surface area (Å²) in [6.07, 6.45) is 4.20. The van der Waals surface area contributed by atoms with Crippen LogP contribution in [0.25, 0.3) is 11.4 Å². The van der Waals surface area contributed by atoms with E-state index in [1.165, 1.54) is 4.90 Å². The van der Waals surface area contributed by atoms with E-state index >= 15 is 0 Å². The van der Waals surface area contributed by atoms with Gasteiger partial charge < -0.3 is 14.5 Å². The van der Waals surface area contributed by atoms with Gasteiger partial charge >= 0.3 is 6.09 Å². The fraction of sp³-hybridized carbons (Fsp3) is 0.500. The first-order valence-corrected chi connectivity index (χ1v) is 8.12. The molecule has 1 fully saturated rings. The minimum Gasteiger partial charge on any atom is -0.465 e. The number of amides is 1. The van der Waals surface area contributed by atoms with Gasteiger partial charge in [0.15, 0.2) is 0 Å². The predicted molar refractivity (Wildman–Crippen MR) is 86.2 cm³/mol. The fourth-order valence-electron chi connectivity index (χ4n) is 3.03. The molecule has 1 aliphatic heterocycles. The van der Waals surface area contributed by atoms with Crippen LogP contribution in [-0.4, -0.2) is 61.8 Å². The topological polar surface area (TPSA) is 95.6 Å². The van der Waals surface area contributed by atoms with Crippen LogP contribution < -0.4 is 0 Å². The van der Waals surface area contributed by atoms with Crippen LogP contribution in [-0.2, 0) is 6.54 Å². The quantitative estimate of drug-likeness (QED) is 0.896. The molecule has 128 valence electrons. The second kappa shape index (κ2) is 7.39. The predicted octanol–water partition coefficient (Wildman–Crippen LogP) is 2.10. The molecule has 8 heteroatoms. The first-order chi connectivity index (χ1) is 11.7. The maximum absolute atomic E-state index is 11.0. The average molecular weight is 331 g/mol. The van der Waals surface area contributed by atoms with Gasteiger partial charge in [-0.25, -0.2) is 4.79 Å². The molecule has 2 aromatic heterocycles. The molecular weight excluding hydrogens is 310 g/mol. The van der Waals surface area contributed by atoms with Crippen LogP contribution >= 0.6 is 0 Å². The minimum atomic E-state index is -0.838. The molecular formula is C16H21N5O3. The molecule has 8 nitrogen and oxygen atoms in total. The van der Waals surface area contributed by atoms with E-state index in [4.69, 9.17) is 9.63 Å². The van der Waals surface area contributed by atoms with Crippen molar-refractivity contribution in [1.29, 1.82) is 0 Å². The lowest BCUT2D eigenvalue weighted by molar-refractivity contribution is 0.0883.